The van der Waals surface area contributed by atoms with E-state index in [0.29, 0.717) is 17.1 Å². The third-order valence-corrected chi connectivity index (χ3v) is 3.42. The van der Waals surface area contributed by atoms with E-state index in [2.05, 4.69) is 10.4 Å². The van der Waals surface area contributed by atoms with E-state index in [4.69, 9.17) is 5.84 Å². The lowest BCUT2D eigenvalue weighted by molar-refractivity contribution is 0.0803. The van der Waals surface area contributed by atoms with E-state index < -0.39 is 9.84 Å². The molecule has 19 heavy (non-hydrogen) atoms. The van der Waals surface area contributed by atoms with Gasteiger partial charge in [-0.3, -0.25) is 4.79 Å². The fraction of sp³-hybridized carbons (Fsp3) is 0.455. The Kier molecular flexibility index (Phi) is 4.84. The number of nitrogen functional groups attached to an aromatic ring is 1. The summed E-state index contributed by atoms with van der Waals surface area (Å²) in [5, 5.41) is 0. The first-order valence-electron chi connectivity index (χ1n) is 5.61. The van der Waals surface area contributed by atoms with Gasteiger partial charge in [0.2, 0.25) is 0 Å². The van der Waals surface area contributed by atoms with Crippen LogP contribution in [0.3, 0.4) is 0 Å². The molecule has 0 bridgehead atoms. The molecule has 1 heterocycles. The van der Waals surface area contributed by atoms with Gasteiger partial charge in [-0.2, -0.15) is 0 Å². The summed E-state index contributed by atoms with van der Waals surface area (Å²) in [6, 6.07) is 3.15. The fourth-order valence-electron chi connectivity index (χ4n) is 1.49. The maximum Gasteiger partial charge on any atom is 0.253 e. The normalized spacial score (nSPS) is 11.2. The van der Waals surface area contributed by atoms with Crippen LogP contribution >= 0.6 is 0 Å². The molecule has 0 aromatic carbocycles. The van der Waals surface area contributed by atoms with Crippen LogP contribution < -0.4 is 11.3 Å². The first kappa shape index (κ1) is 15.4. The molecule has 1 rings (SSSR count). The van der Waals surface area contributed by atoms with Gasteiger partial charge in [0.25, 0.3) is 5.91 Å². The van der Waals surface area contributed by atoms with Gasteiger partial charge < -0.3 is 10.3 Å². The maximum absolute atomic E-state index is 12.1. The molecule has 7 nitrogen and oxygen atoms in total. The van der Waals surface area contributed by atoms with Gasteiger partial charge in [-0.1, -0.05) is 0 Å². The van der Waals surface area contributed by atoms with Gasteiger partial charge >= 0.3 is 0 Å². The highest BCUT2D eigenvalue weighted by Crippen LogP contribution is 2.11. The van der Waals surface area contributed by atoms with Crippen LogP contribution in [0.15, 0.2) is 12.1 Å². The van der Waals surface area contributed by atoms with Gasteiger partial charge in [-0.25, -0.2) is 19.2 Å². The lowest BCUT2D eigenvalue weighted by Crippen LogP contribution is -2.31. The fourth-order valence-corrected chi connectivity index (χ4v) is 2.10. The third kappa shape index (κ3) is 4.84. The van der Waals surface area contributed by atoms with Crippen LogP contribution in [0, 0.1) is 6.92 Å². The average Bonchev–Trinajstić information content (AvgIpc) is 2.33. The molecule has 106 valence electrons. The SMILES string of the molecule is Cc1cc(C(=O)N(C)CCS(C)(=O)=O)cc(NN)n1. The van der Waals surface area contributed by atoms with E-state index in [9.17, 15) is 13.2 Å². The minimum absolute atomic E-state index is 0.0682. The summed E-state index contributed by atoms with van der Waals surface area (Å²) < 4.78 is 22.1. The van der Waals surface area contributed by atoms with Crippen molar-refractivity contribution in [1.29, 1.82) is 0 Å². The summed E-state index contributed by atoms with van der Waals surface area (Å²) in [6.45, 7) is 1.89. The Morgan fingerprint density at radius 3 is 2.63 bits per heavy atom. The number of hydrazine groups is 1. The number of nitrogens with zero attached hydrogens (tertiary/aromatic N) is 2. The van der Waals surface area contributed by atoms with E-state index in [-0.39, 0.29) is 18.2 Å². The zero-order chi connectivity index (χ0) is 14.6. The predicted octanol–water partition coefficient (Wildman–Crippen LogP) is -0.208. The van der Waals surface area contributed by atoms with Crippen molar-refractivity contribution in [3.63, 3.8) is 0 Å². The Morgan fingerprint density at radius 2 is 2.11 bits per heavy atom. The Morgan fingerprint density at radius 1 is 1.47 bits per heavy atom. The summed E-state index contributed by atoms with van der Waals surface area (Å²) in [7, 11) is -1.54. The Balaban J connectivity index is 2.85. The van der Waals surface area contributed by atoms with Gasteiger partial charge in [0.15, 0.2) is 0 Å². The number of anilines is 1. The predicted molar refractivity (Wildman–Crippen MR) is 73.5 cm³/mol. The standard InChI is InChI=1S/C11H18N4O3S/c1-8-6-9(7-10(13-8)14-12)11(16)15(2)4-5-19(3,17)18/h6-7H,4-5,12H2,1-3H3,(H,13,14). The number of nitrogens with one attached hydrogen (secondary N) is 1. The highest BCUT2D eigenvalue weighted by atomic mass is 32.2. The molecule has 1 aromatic heterocycles. The highest BCUT2D eigenvalue weighted by Gasteiger charge is 2.15. The van der Waals surface area contributed by atoms with Crippen molar-refractivity contribution in [2.45, 2.75) is 6.92 Å². The van der Waals surface area contributed by atoms with Crippen molar-refractivity contribution in [3.8, 4) is 0 Å². The number of carbonyl (C=O) groups is 1. The summed E-state index contributed by atoms with van der Waals surface area (Å²) >= 11 is 0. The van der Waals surface area contributed by atoms with Gasteiger partial charge in [0.1, 0.15) is 15.7 Å². The molecular formula is C11H18N4O3S. The molecule has 0 radical (unpaired) electrons. The zero-order valence-corrected chi connectivity index (χ0v) is 12.0. The summed E-state index contributed by atoms with van der Waals surface area (Å²) in [4.78, 5) is 17.6. The zero-order valence-electron chi connectivity index (χ0n) is 11.2. The van der Waals surface area contributed by atoms with Crippen molar-refractivity contribution in [2.75, 3.05) is 31.0 Å². The third-order valence-electron chi connectivity index (χ3n) is 2.49. The molecule has 0 fully saturated rings. The van der Waals surface area contributed by atoms with E-state index in [1.54, 1.807) is 20.0 Å². The monoisotopic (exact) mass is 286 g/mol. The average molecular weight is 286 g/mol. The number of amides is 1. The number of hydrogen-bond acceptors (Lipinski definition) is 6. The molecular weight excluding hydrogens is 268 g/mol. The molecule has 0 spiro atoms. The second-order valence-electron chi connectivity index (χ2n) is 4.38. The number of aromatic nitrogens is 1. The lowest BCUT2D eigenvalue weighted by Gasteiger charge is -2.17. The number of rotatable bonds is 5. The molecule has 0 saturated carbocycles. The topological polar surface area (TPSA) is 105 Å². The maximum atomic E-state index is 12.1. The van der Waals surface area contributed by atoms with Crippen LogP contribution in [0.5, 0.6) is 0 Å². The molecule has 0 aliphatic rings. The van der Waals surface area contributed by atoms with Gasteiger partial charge in [0.05, 0.1) is 5.75 Å². The first-order chi connectivity index (χ1) is 8.73. The van der Waals surface area contributed by atoms with E-state index in [0.717, 1.165) is 6.26 Å². The number of sulfone groups is 1. The van der Waals surface area contributed by atoms with Crippen molar-refractivity contribution < 1.29 is 13.2 Å². The largest absolute Gasteiger partial charge is 0.341 e. The van der Waals surface area contributed by atoms with Crippen LogP contribution in [0.1, 0.15) is 16.1 Å². The van der Waals surface area contributed by atoms with Crippen LogP contribution in [-0.4, -0.2) is 49.8 Å². The Hall–Kier alpha value is -1.67. The van der Waals surface area contributed by atoms with Crippen LogP contribution in [-0.2, 0) is 9.84 Å². The number of carbonyl (C=O) groups excluding carboxylic acids is 1. The summed E-state index contributed by atoms with van der Waals surface area (Å²) in [5.74, 6) is 5.31. The number of hydrogen-bond donors (Lipinski definition) is 2. The van der Waals surface area contributed by atoms with Crippen molar-refractivity contribution >= 4 is 21.6 Å². The van der Waals surface area contributed by atoms with E-state index in [1.807, 2.05) is 0 Å². The van der Waals surface area contributed by atoms with E-state index >= 15 is 0 Å². The number of pyridine rings is 1. The number of aryl methyl sites for hydroxylation is 1. The van der Waals surface area contributed by atoms with Crippen molar-refractivity contribution in [3.05, 3.63) is 23.4 Å². The van der Waals surface area contributed by atoms with Crippen molar-refractivity contribution in [1.82, 2.24) is 9.88 Å². The quantitative estimate of drug-likeness (QED) is 0.573. The minimum Gasteiger partial charge on any atom is -0.341 e. The summed E-state index contributed by atoms with van der Waals surface area (Å²) in [6.07, 6.45) is 1.14. The molecule has 3 N–H and O–H groups in total. The molecule has 0 unspecified atom stereocenters. The van der Waals surface area contributed by atoms with Gasteiger partial charge in [-0.05, 0) is 19.1 Å². The second-order valence-corrected chi connectivity index (χ2v) is 6.64. The molecule has 1 amide bonds. The molecule has 0 aliphatic carbocycles. The summed E-state index contributed by atoms with van der Waals surface area (Å²) in [5.41, 5.74) is 3.44. The molecule has 8 heteroatoms. The molecule has 0 saturated heterocycles. The van der Waals surface area contributed by atoms with Gasteiger partial charge in [-0.15, -0.1) is 0 Å². The minimum atomic E-state index is -3.09. The smallest absolute Gasteiger partial charge is 0.253 e. The second kappa shape index (κ2) is 5.98. The van der Waals surface area contributed by atoms with Crippen LogP contribution in [0.2, 0.25) is 0 Å². The van der Waals surface area contributed by atoms with E-state index in [1.165, 1.54) is 11.0 Å². The Labute approximate surface area is 112 Å². The van der Waals surface area contributed by atoms with Crippen LogP contribution in [0.4, 0.5) is 5.82 Å². The van der Waals surface area contributed by atoms with Crippen molar-refractivity contribution in [2.24, 2.45) is 5.84 Å². The highest BCUT2D eigenvalue weighted by molar-refractivity contribution is 7.90. The van der Waals surface area contributed by atoms with Crippen LogP contribution in [0.25, 0.3) is 0 Å². The Bertz CT molecular complexity index is 571. The lowest BCUT2D eigenvalue weighted by atomic mass is 10.2. The molecule has 1 aromatic rings. The number of nitrogens with two attached hydrogens (primary N) is 1. The van der Waals surface area contributed by atoms with Gasteiger partial charge in [0, 0.05) is 31.1 Å². The molecule has 0 aliphatic heterocycles. The first-order valence-corrected chi connectivity index (χ1v) is 7.67. The molecule has 0 atom stereocenters.